The molecule has 0 bridgehead atoms. The van der Waals surface area contributed by atoms with Crippen molar-refractivity contribution in [1.29, 1.82) is 0 Å². The number of benzene rings is 1. The van der Waals surface area contributed by atoms with Gasteiger partial charge in [0.1, 0.15) is 5.75 Å². The third-order valence-corrected chi connectivity index (χ3v) is 3.93. The molecule has 1 aliphatic rings. The second-order valence-electron chi connectivity index (χ2n) is 5.11. The van der Waals surface area contributed by atoms with Crippen LogP contribution < -0.4 is 15.0 Å². The SMILES string of the molecule is CCOc1ccc2c(c1)C(C)(NC)CCN2C(C)=O. The lowest BCUT2D eigenvalue weighted by Gasteiger charge is -2.41. The summed E-state index contributed by atoms with van der Waals surface area (Å²) in [4.78, 5) is 13.6. The van der Waals surface area contributed by atoms with E-state index in [9.17, 15) is 4.79 Å². The Morgan fingerprint density at radius 3 is 2.84 bits per heavy atom. The summed E-state index contributed by atoms with van der Waals surface area (Å²) in [5.74, 6) is 0.941. The van der Waals surface area contributed by atoms with E-state index in [2.05, 4.69) is 12.2 Å². The highest BCUT2D eigenvalue weighted by atomic mass is 16.5. The molecule has 0 radical (unpaired) electrons. The van der Waals surface area contributed by atoms with Gasteiger partial charge < -0.3 is 15.0 Å². The first-order chi connectivity index (χ1) is 9.01. The van der Waals surface area contributed by atoms with Crippen LogP contribution in [0.1, 0.15) is 32.8 Å². The third kappa shape index (κ3) is 2.45. The highest BCUT2D eigenvalue weighted by Gasteiger charge is 2.35. The summed E-state index contributed by atoms with van der Waals surface area (Å²) in [6.07, 6.45) is 0.895. The fraction of sp³-hybridized carbons (Fsp3) is 0.533. The minimum atomic E-state index is -0.117. The molecule has 0 fully saturated rings. The van der Waals surface area contributed by atoms with E-state index in [0.29, 0.717) is 6.61 Å². The van der Waals surface area contributed by atoms with Gasteiger partial charge in [-0.1, -0.05) is 0 Å². The van der Waals surface area contributed by atoms with Gasteiger partial charge in [0, 0.05) is 24.7 Å². The molecule has 1 amide bonds. The molecule has 1 unspecified atom stereocenters. The lowest BCUT2D eigenvalue weighted by molar-refractivity contribution is -0.116. The van der Waals surface area contributed by atoms with Gasteiger partial charge in [-0.05, 0) is 51.1 Å². The number of nitrogens with zero attached hydrogens (tertiary/aromatic N) is 1. The van der Waals surface area contributed by atoms with Crippen molar-refractivity contribution in [2.45, 2.75) is 32.7 Å². The van der Waals surface area contributed by atoms with Crippen molar-refractivity contribution in [3.63, 3.8) is 0 Å². The van der Waals surface area contributed by atoms with Crippen molar-refractivity contribution >= 4 is 11.6 Å². The lowest BCUT2D eigenvalue weighted by atomic mass is 9.83. The van der Waals surface area contributed by atoms with Crippen LogP contribution in [0.4, 0.5) is 5.69 Å². The summed E-state index contributed by atoms with van der Waals surface area (Å²) in [6, 6.07) is 5.96. The zero-order valence-electron chi connectivity index (χ0n) is 12.1. The number of anilines is 1. The van der Waals surface area contributed by atoms with Crippen LogP contribution in [0, 0.1) is 0 Å². The molecule has 1 N–H and O–H groups in total. The second-order valence-corrected chi connectivity index (χ2v) is 5.11. The third-order valence-electron chi connectivity index (χ3n) is 3.93. The maximum absolute atomic E-state index is 11.7. The van der Waals surface area contributed by atoms with Gasteiger partial charge in [-0.3, -0.25) is 4.79 Å². The molecule has 0 saturated heterocycles. The number of fused-ring (bicyclic) bond motifs is 1. The molecule has 1 heterocycles. The van der Waals surface area contributed by atoms with E-state index in [0.717, 1.165) is 30.0 Å². The minimum absolute atomic E-state index is 0.0866. The van der Waals surface area contributed by atoms with Crippen LogP contribution in [-0.4, -0.2) is 26.1 Å². The lowest BCUT2D eigenvalue weighted by Crippen LogP contribution is -2.47. The Kier molecular flexibility index (Phi) is 3.80. The number of rotatable bonds is 3. The van der Waals surface area contributed by atoms with E-state index in [1.54, 1.807) is 6.92 Å². The molecule has 0 saturated carbocycles. The van der Waals surface area contributed by atoms with E-state index in [4.69, 9.17) is 4.74 Å². The topological polar surface area (TPSA) is 41.6 Å². The average molecular weight is 262 g/mol. The highest BCUT2D eigenvalue weighted by Crippen LogP contribution is 2.39. The van der Waals surface area contributed by atoms with Crippen molar-refractivity contribution in [3.05, 3.63) is 23.8 Å². The van der Waals surface area contributed by atoms with Crippen LogP contribution in [0.2, 0.25) is 0 Å². The molecule has 1 aliphatic heterocycles. The van der Waals surface area contributed by atoms with E-state index in [1.165, 1.54) is 0 Å². The average Bonchev–Trinajstić information content (AvgIpc) is 2.39. The summed E-state index contributed by atoms with van der Waals surface area (Å²) in [6.45, 7) is 7.14. The van der Waals surface area contributed by atoms with Gasteiger partial charge in [-0.2, -0.15) is 0 Å². The Bertz CT molecular complexity index is 487. The predicted octanol–water partition coefficient (Wildman–Crippen LogP) is 2.28. The van der Waals surface area contributed by atoms with E-state index in [-0.39, 0.29) is 11.4 Å². The standard InChI is InChI=1S/C15H22N2O2/c1-5-19-12-6-7-14-13(10-12)15(3,16-4)8-9-17(14)11(2)18/h6-7,10,16H,5,8-9H2,1-4H3. The van der Waals surface area contributed by atoms with Crippen LogP contribution in [0.5, 0.6) is 5.75 Å². The number of hydrogen-bond donors (Lipinski definition) is 1. The zero-order chi connectivity index (χ0) is 14.0. The number of hydrogen-bond acceptors (Lipinski definition) is 3. The fourth-order valence-corrected chi connectivity index (χ4v) is 2.63. The quantitative estimate of drug-likeness (QED) is 0.908. The summed E-state index contributed by atoms with van der Waals surface area (Å²) >= 11 is 0. The highest BCUT2D eigenvalue weighted by molar-refractivity contribution is 5.93. The first kappa shape index (κ1) is 13.9. The Hall–Kier alpha value is -1.55. The molecule has 1 aromatic rings. The molecule has 0 aromatic heterocycles. The molecule has 4 heteroatoms. The maximum atomic E-state index is 11.7. The first-order valence-electron chi connectivity index (χ1n) is 6.76. The molecule has 19 heavy (non-hydrogen) atoms. The van der Waals surface area contributed by atoms with Crippen molar-refractivity contribution in [1.82, 2.24) is 5.32 Å². The number of carbonyl (C=O) groups excluding carboxylic acids is 1. The van der Waals surface area contributed by atoms with Crippen LogP contribution in [0.25, 0.3) is 0 Å². The largest absolute Gasteiger partial charge is 0.494 e. The Morgan fingerprint density at radius 1 is 1.53 bits per heavy atom. The van der Waals surface area contributed by atoms with Gasteiger partial charge in [-0.25, -0.2) is 0 Å². The summed E-state index contributed by atoms with van der Waals surface area (Å²) in [7, 11) is 1.96. The molecule has 1 aromatic carbocycles. The van der Waals surface area contributed by atoms with Crippen molar-refractivity contribution < 1.29 is 9.53 Å². The molecule has 104 valence electrons. The number of nitrogens with one attached hydrogen (secondary N) is 1. The summed E-state index contributed by atoms with van der Waals surface area (Å²) in [5.41, 5.74) is 2.00. The van der Waals surface area contributed by atoms with Crippen LogP contribution in [0.3, 0.4) is 0 Å². The van der Waals surface area contributed by atoms with Gasteiger partial charge in [0.25, 0.3) is 0 Å². The van der Waals surface area contributed by atoms with Gasteiger partial charge in [-0.15, -0.1) is 0 Å². The van der Waals surface area contributed by atoms with Crippen molar-refractivity contribution in [2.75, 3.05) is 25.1 Å². The smallest absolute Gasteiger partial charge is 0.223 e. The van der Waals surface area contributed by atoms with Gasteiger partial charge in [0.2, 0.25) is 5.91 Å². The van der Waals surface area contributed by atoms with E-state index >= 15 is 0 Å². The van der Waals surface area contributed by atoms with Gasteiger partial charge >= 0.3 is 0 Å². The molecule has 0 aliphatic carbocycles. The van der Waals surface area contributed by atoms with E-state index < -0.39 is 0 Å². The molecule has 4 nitrogen and oxygen atoms in total. The zero-order valence-corrected chi connectivity index (χ0v) is 12.1. The normalized spacial score (nSPS) is 22.0. The van der Waals surface area contributed by atoms with Gasteiger partial charge in [0.15, 0.2) is 0 Å². The monoisotopic (exact) mass is 262 g/mol. The second kappa shape index (κ2) is 5.21. The summed E-state index contributed by atoms with van der Waals surface area (Å²) < 4.78 is 5.57. The number of carbonyl (C=O) groups is 1. The molecule has 1 atom stereocenters. The van der Waals surface area contributed by atoms with Gasteiger partial charge in [0.05, 0.1) is 6.61 Å². The molecule has 0 spiro atoms. The van der Waals surface area contributed by atoms with E-state index in [1.807, 2.05) is 37.1 Å². The van der Waals surface area contributed by atoms with Crippen LogP contribution in [0.15, 0.2) is 18.2 Å². The Labute approximate surface area is 114 Å². The van der Waals surface area contributed by atoms with Crippen molar-refractivity contribution in [2.24, 2.45) is 0 Å². The first-order valence-corrected chi connectivity index (χ1v) is 6.76. The number of amides is 1. The van der Waals surface area contributed by atoms with Crippen LogP contribution >= 0.6 is 0 Å². The molecular weight excluding hydrogens is 240 g/mol. The fourth-order valence-electron chi connectivity index (χ4n) is 2.63. The summed E-state index contributed by atoms with van der Waals surface area (Å²) in [5, 5.41) is 3.37. The number of ether oxygens (including phenoxy) is 1. The predicted molar refractivity (Wildman–Crippen MR) is 76.7 cm³/mol. The maximum Gasteiger partial charge on any atom is 0.223 e. The minimum Gasteiger partial charge on any atom is -0.494 e. The molecular formula is C15H22N2O2. The Morgan fingerprint density at radius 2 is 2.26 bits per heavy atom. The molecule has 2 rings (SSSR count). The van der Waals surface area contributed by atoms with Crippen LogP contribution in [-0.2, 0) is 10.3 Å². The Balaban J connectivity index is 2.51. The van der Waals surface area contributed by atoms with Crippen molar-refractivity contribution in [3.8, 4) is 5.75 Å².